The molecule has 2 heterocycles. The van der Waals surface area contributed by atoms with Crippen molar-refractivity contribution in [1.29, 1.82) is 0 Å². The van der Waals surface area contributed by atoms with Gasteiger partial charge in [-0.05, 0) is 30.2 Å². The molecule has 0 radical (unpaired) electrons. The number of nitrogens with zero attached hydrogens (tertiary/aromatic N) is 1. The van der Waals surface area contributed by atoms with E-state index in [-0.39, 0.29) is 23.7 Å². The lowest BCUT2D eigenvalue weighted by atomic mass is 9.72. The maximum absolute atomic E-state index is 12.4. The number of hydrogen-bond donors (Lipinski definition) is 0. The molecule has 3 aliphatic rings. The minimum absolute atomic E-state index is 0.0623. The smallest absolute Gasteiger partial charge is 0.227 e. The number of allylic oxidation sites excluding steroid dienone is 1. The van der Waals surface area contributed by atoms with E-state index in [1.165, 1.54) is 0 Å². The lowest BCUT2D eigenvalue weighted by Gasteiger charge is -2.47. The minimum atomic E-state index is -0.536. The van der Waals surface area contributed by atoms with Crippen LogP contribution in [0.25, 0.3) is 0 Å². The number of ketones is 1. The molecule has 0 bridgehead atoms. The number of piperidine rings is 1. The van der Waals surface area contributed by atoms with Crippen LogP contribution in [-0.2, 0) is 14.3 Å². The number of hydrogen-bond acceptors (Lipinski definition) is 3. The van der Waals surface area contributed by atoms with Crippen LogP contribution >= 0.6 is 0 Å². The summed E-state index contributed by atoms with van der Waals surface area (Å²) in [6.45, 7) is 0. The summed E-state index contributed by atoms with van der Waals surface area (Å²) in [5.41, 5.74) is 1.28. The van der Waals surface area contributed by atoms with Crippen molar-refractivity contribution >= 4 is 17.4 Å². The maximum Gasteiger partial charge on any atom is 0.227 e. The zero-order valence-corrected chi connectivity index (χ0v) is 11.2. The summed E-state index contributed by atoms with van der Waals surface area (Å²) in [5, 5.41) is 0. The molecule has 0 aromatic heterocycles. The number of methoxy groups -OCH3 is 1. The normalized spacial score (nSPS) is 34.1. The van der Waals surface area contributed by atoms with Gasteiger partial charge in [-0.25, -0.2) is 0 Å². The molecule has 4 nitrogen and oxygen atoms in total. The van der Waals surface area contributed by atoms with E-state index < -0.39 is 5.60 Å². The Morgan fingerprint density at radius 3 is 2.90 bits per heavy atom. The number of amides is 1. The van der Waals surface area contributed by atoms with Gasteiger partial charge < -0.3 is 9.64 Å². The fourth-order valence-electron chi connectivity index (χ4n) is 3.91. The van der Waals surface area contributed by atoms with Gasteiger partial charge in [-0.2, -0.15) is 0 Å². The summed E-state index contributed by atoms with van der Waals surface area (Å²) in [6, 6.07) is 7.46. The van der Waals surface area contributed by atoms with Gasteiger partial charge in [0.1, 0.15) is 5.60 Å². The Labute approximate surface area is 117 Å². The molecule has 1 fully saturated rings. The molecule has 4 heteroatoms. The van der Waals surface area contributed by atoms with Gasteiger partial charge in [0.05, 0.1) is 12.0 Å². The van der Waals surface area contributed by atoms with Crippen LogP contribution in [0.4, 0.5) is 5.69 Å². The van der Waals surface area contributed by atoms with Crippen LogP contribution in [0.2, 0.25) is 0 Å². The second-order valence-electron chi connectivity index (χ2n) is 5.64. The van der Waals surface area contributed by atoms with Crippen LogP contribution in [0.3, 0.4) is 0 Å². The molecular formula is C16H15NO3. The van der Waals surface area contributed by atoms with E-state index in [4.69, 9.17) is 4.74 Å². The Bertz CT molecular complexity index is 651. The standard InChI is InChI=1S/C16H15NO3/c1-20-16-8-6-12(18)14-10-4-2-3-5-11(10)17(15(14)16)13(19)7-9-16/h2-6,8,14-15H,7,9H2,1H3/t14-,15-,16+/m1/s1. The first-order valence-electron chi connectivity index (χ1n) is 6.87. The number of ether oxygens (including phenoxy) is 1. The van der Waals surface area contributed by atoms with Crippen molar-refractivity contribution in [2.75, 3.05) is 12.0 Å². The number of rotatable bonds is 1. The monoisotopic (exact) mass is 269 g/mol. The summed E-state index contributed by atoms with van der Waals surface area (Å²) >= 11 is 0. The van der Waals surface area contributed by atoms with E-state index in [1.54, 1.807) is 18.1 Å². The van der Waals surface area contributed by atoms with Crippen molar-refractivity contribution in [2.24, 2.45) is 0 Å². The number of carbonyl (C=O) groups excluding carboxylic acids is 2. The van der Waals surface area contributed by atoms with Crippen molar-refractivity contribution in [3.63, 3.8) is 0 Å². The molecule has 20 heavy (non-hydrogen) atoms. The van der Waals surface area contributed by atoms with Gasteiger partial charge in [-0.3, -0.25) is 9.59 Å². The second kappa shape index (κ2) is 3.79. The number of para-hydroxylation sites is 1. The molecule has 1 aliphatic carbocycles. The van der Waals surface area contributed by atoms with E-state index in [0.29, 0.717) is 12.8 Å². The minimum Gasteiger partial charge on any atom is -0.372 e. The van der Waals surface area contributed by atoms with Crippen LogP contribution in [-0.4, -0.2) is 30.4 Å². The molecule has 102 valence electrons. The summed E-state index contributed by atoms with van der Waals surface area (Å²) in [6.07, 6.45) is 4.56. The Balaban J connectivity index is 1.99. The van der Waals surface area contributed by atoms with Crippen LogP contribution in [0.1, 0.15) is 24.3 Å². The van der Waals surface area contributed by atoms with Gasteiger partial charge in [-0.1, -0.05) is 18.2 Å². The van der Waals surface area contributed by atoms with Gasteiger partial charge in [0, 0.05) is 19.2 Å². The van der Waals surface area contributed by atoms with Crippen LogP contribution < -0.4 is 4.90 Å². The zero-order valence-electron chi connectivity index (χ0n) is 11.2. The van der Waals surface area contributed by atoms with Gasteiger partial charge >= 0.3 is 0 Å². The fraction of sp³-hybridized carbons (Fsp3) is 0.375. The SMILES string of the molecule is CO[C@@]12C=CC(=O)[C@H]3c4ccccc4N(C(=O)CC1)[C@H]32. The van der Waals surface area contributed by atoms with Crippen LogP contribution in [0.15, 0.2) is 36.4 Å². The number of anilines is 1. The Morgan fingerprint density at radius 1 is 1.30 bits per heavy atom. The first-order chi connectivity index (χ1) is 9.68. The highest BCUT2D eigenvalue weighted by Crippen LogP contribution is 2.52. The quantitative estimate of drug-likeness (QED) is 0.781. The van der Waals surface area contributed by atoms with E-state index >= 15 is 0 Å². The van der Waals surface area contributed by atoms with Gasteiger partial charge in [0.2, 0.25) is 5.91 Å². The van der Waals surface area contributed by atoms with E-state index in [1.807, 2.05) is 30.3 Å². The molecular weight excluding hydrogens is 254 g/mol. The predicted octanol–water partition coefficient (Wildman–Crippen LogP) is 1.80. The summed E-state index contributed by atoms with van der Waals surface area (Å²) in [5.74, 6) is -0.145. The highest BCUT2D eigenvalue weighted by molar-refractivity contribution is 6.07. The largest absolute Gasteiger partial charge is 0.372 e. The summed E-state index contributed by atoms with van der Waals surface area (Å²) < 4.78 is 5.76. The molecule has 0 unspecified atom stereocenters. The molecule has 4 rings (SSSR count). The lowest BCUT2D eigenvalue weighted by Crippen LogP contribution is -2.61. The molecule has 0 saturated carbocycles. The molecule has 0 spiro atoms. The van der Waals surface area contributed by atoms with E-state index in [2.05, 4.69) is 0 Å². The second-order valence-corrected chi connectivity index (χ2v) is 5.64. The maximum atomic E-state index is 12.4. The summed E-state index contributed by atoms with van der Waals surface area (Å²) in [7, 11) is 1.66. The third kappa shape index (κ3) is 1.25. The third-order valence-corrected chi connectivity index (χ3v) is 4.84. The lowest BCUT2D eigenvalue weighted by molar-refractivity contribution is -0.128. The third-order valence-electron chi connectivity index (χ3n) is 4.84. The number of fused-ring (bicyclic) bond motifs is 3. The van der Waals surface area contributed by atoms with E-state index in [0.717, 1.165) is 11.3 Å². The Morgan fingerprint density at radius 2 is 2.10 bits per heavy atom. The van der Waals surface area contributed by atoms with Crippen molar-refractivity contribution < 1.29 is 14.3 Å². The molecule has 2 aliphatic heterocycles. The van der Waals surface area contributed by atoms with Crippen molar-refractivity contribution in [2.45, 2.75) is 30.4 Å². The first-order valence-corrected chi connectivity index (χ1v) is 6.87. The zero-order chi connectivity index (χ0) is 13.9. The highest BCUT2D eigenvalue weighted by Gasteiger charge is 2.58. The Hall–Kier alpha value is -1.94. The molecule has 1 aromatic rings. The first kappa shape index (κ1) is 11.9. The summed E-state index contributed by atoms with van der Waals surface area (Å²) in [4.78, 5) is 26.5. The average Bonchev–Trinajstić information content (AvgIpc) is 2.84. The molecule has 1 saturated heterocycles. The Kier molecular flexibility index (Phi) is 2.25. The number of benzene rings is 1. The molecule has 3 atom stereocenters. The van der Waals surface area contributed by atoms with Gasteiger partial charge in [-0.15, -0.1) is 0 Å². The van der Waals surface area contributed by atoms with Gasteiger partial charge in [0.25, 0.3) is 0 Å². The van der Waals surface area contributed by atoms with Crippen LogP contribution in [0.5, 0.6) is 0 Å². The molecule has 0 N–H and O–H groups in total. The predicted molar refractivity (Wildman–Crippen MR) is 73.6 cm³/mol. The topological polar surface area (TPSA) is 46.6 Å². The van der Waals surface area contributed by atoms with Crippen molar-refractivity contribution in [1.82, 2.24) is 0 Å². The number of carbonyl (C=O) groups is 2. The van der Waals surface area contributed by atoms with Crippen molar-refractivity contribution in [3.8, 4) is 0 Å². The van der Waals surface area contributed by atoms with E-state index in [9.17, 15) is 9.59 Å². The van der Waals surface area contributed by atoms with Crippen LogP contribution in [0, 0.1) is 0 Å². The van der Waals surface area contributed by atoms with Crippen molar-refractivity contribution in [3.05, 3.63) is 42.0 Å². The highest BCUT2D eigenvalue weighted by atomic mass is 16.5. The average molecular weight is 269 g/mol. The van der Waals surface area contributed by atoms with Gasteiger partial charge in [0.15, 0.2) is 5.78 Å². The fourth-order valence-corrected chi connectivity index (χ4v) is 3.91. The molecule has 1 aromatic carbocycles. The molecule has 1 amide bonds.